The molecule has 0 saturated heterocycles. The second kappa shape index (κ2) is 5.14. The molecule has 0 aromatic carbocycles. The van der Waals surface area contributed by atoms with Crippen LogP contribution in [0.3, 0.4) is 0 Å². The largest absolute Gasteiger partial charge is 0.370 e. The summed E-state index contributed by atoms with van der Waals surface area (Å²) < 4.78 is 0. The third-order valence-corrected chi connectivity index (χ3v) is 3.12. The third kappa shape index (κ3) is 2.43. The molecule has 0 unspecified atom stereocenters. The maximum atomic E-state index is 4.32. The summed E-state index contributed by atoms with van der Waals surface area (Å²) in [4.78, 5) is 8.56. The Morgan fingerprint density at radius 2 is 1.94 bits per heavy atom. The van der Waals surface area contributed by atoms with Gasteiger partial charge in [0.1, 0.15) is 18.0 Å². The summed E-state index contributed by atoms with van der Waals surface area (Å²) in [5.74, 6) is 1.93. The van der Waals surface area contributed by atoms with E-state index in [9.17, 15) is 0 Å². The highest BCUT2D eigenvalue weighted by Gasteiger charge is 2.16. The monoisotopic (exact) mass is 220 g/mol. The van der Waals surface area contributed by atoms with Gasteiger partial charge in [-0.3, -0.25) is 0 Å². The van der Waals surface area contributed by atoms with E-state index in [4.69, 9.17) is 0 Å². The first kappa shape index (κ1) is 11.2. The van der Waals surface area contributed by atoms with Crippen LogP contribution in [0.25, 0.3) is 0 Å². The first-order valence-corrected chi connectivity index (χ1v) is 6.13. The Bertz CT molecular complexity index is 345. The molecule has 1 aromatic heterocycles. The zero-order valence-corrected chi connectivity index (χ0v) is 10.1. The summed E-state index contributed by atoms with van der Waals surface area (Å²) in [7, 11) is 0. The van der Waals surface area contributed by atoms with Crippen LogP contribution in [0.1, 0.15) is 38.2 Å². The molecule has 1 heterocycles. The van der Waals surface area contributed by atoms with Crippen molar-refractivity contribution < 1.29 is 0 Å². The van der Waals surface area contributed by atoms with E-state index < -0.39 is 0 Å². The highest BCUT2D eigenvalue weighted by Crippen LogP contribution is 2.24. The fourth-order valence-electron chi connectivity index (χ4n) is 2.20. The fourth-order valence-corrected chi connectivity index (χ4v) is 2.20. The molecular weight excluding hydrogens is 200 g/mol. The molecule has 1 aliphatic rings. The molecule has 1 saturated carbocycles. The van der Waals surface area contributed by atoms with Crippen LogP contribution in [0.2, 0.25) is 0 Å². The molecule has 88 valence electrons. The number of rotatable bonds is 4. The Balaban J connectivity index is 2.10. The topological polar surface area (TPSA) is 49.8 Å². The van der Waals surface area contributed by atoms with E-state index in [-0.39, 0.29) is 0 Å². The van der Waals surface area contributed by atoms with E-state index >= 15 is 0 Å². The van der Waals surface area contributed by atoms with Gasteiger partial charge in [-0.25, -0.2) is 9.97 Å². The highest BCUT2D eigenvalue weighted by atomic mass is 15.1. The van der Waals surface area contributed by atoms with Gasteiger partial charge >= 0.3 is 0 Å². The highest BCUT2D eigenvalue weighted by molar-refractivity contribution is 5.56. The lowest BCUT2D eigenvalue weighted by atomic mass is 10.2. The second-order valence-corrected chi connectivity index (χ2v) is 4.35. The molecule has 4 heteroatoms. The zero-order chi connectivity index (χ0) is 11.4. The van der Waals surface area contributed by atoms with Crippen molar-refractivity contribution in [3.8, 4) is 0 Å². The standard InChI is InChI=1S/C12H20N4/c1-3-13-11-9(2)12(15-8-14-11)16-10-6-4-5-7-10/h8,10H,3-7H2,1-2H3,(H2,13,14,15,16). The molecule has 2 rings (SSSR count). The first-order valence-electron chi connectivity index (χ1n) is 6.13. The van der Waals surface area contributed by atoms with Crippen LogP contribution in [0.5, 0.6) is 0 Å². The maximum Gasteiger partial charge on any atom is 0.134 e. The van der Waals surface area contributed by atoms with Crippen molar-refractivity contribution in [1.82, 2.24) is 9.97 Å². The van der Waals surface area contributed by atoms with Crippen LogP contribution < -0.4 is 10.6 Å². The van der Waals surface area contributed by atoms with Gasteiger partial charge in [0.25, 0.3) is 0 Å². The Morgan fingerprint density at radius 3 is 2.62 bits per heavy atom. The SMILES string of the molecule is CCNc1ncnc(NC2CCCC2)c1C. The number of aromatic nitrogens is 2. The zero-order valence-electron chi connectivity index (χ0n) is 10.1. The number of nitrogens with one attached hydrogen (secondary N) is 2. The van der Waals surface area contributed by atoms with Gasteiger partial charge in [0.2, 0.25) is 0 Å². The summed E-state index contributed by atoms with van der Waals surface area (Å²) >= 11 is 0. The second-order valence-electron chi connectivity index (χ2n) is 4.35. The quantitative estimate of drug-likeness (QED) is 0.818. The minimum atomic E-state index is 0.600. The molecule has 0 bridgehead atoms. The maximum absolute atomic E-state index is 4.32. The number of hydrogen-bond donors (Lipinski definition) is 2. The predicted molar refractivity (Wildman–Crippen MR) is 66.8 cm³/mol. The number of nitrogens with zero attached hydrogens (tertiary/aromatic N) is 2. The van der Waals surface area contributed by atoms with Gasteiger partial charge in [0, 0.05) is 18.2 Å². The van der Waals surface area contributed by atoms with Crippen molar-refractivity contribution >= 4 is 11.6 Å². The van der Waals surface area contributed by atoms with Gasteiger partial charge in [-0.2, -0.15) is 0 Å². The van der Waals surface area contributed by atoms with Gasteiger partial charge in [-0.05, 0) is 26.7 Å². The van der Waals surface area contributed by atoms with E-state index in [2.05, 4.69) is 34.4 Å². The van der Waals surface area contributed by atoms with Crippen molar-refractivity contribution in [3.05, 3.63) is 11.9 Å². The third-order valence-electron chi connectivity index (χ3n) is 3.12. The molecular formula is C12H20N4. The van der Waals surface area contributed by atoms with Crippen LogP contribution in [0.15, 0.2) is 6.33 Å². The van der Waals surface area contributed by atoms with Crippen molar-refractivity contribution in [2.24, 2.45) is 0 Å². The molecule has 1 aromatic rings. The number of anilines is 2. The summed E-state index contributed by atoms with van der Waals surface area (Å²) in [5.41, 5.74) is 1.12. The van der Waals surface area contributed by atoms with E-state index in [1.165, 1.54) is 25.7 Å². The summed E-state index contributed by atoms with van der Waals surface area (Å²) in [6.45, 7) is 5.03. The Hall–Kier alpha value is -1.32. The van der Waals surface area contributed by atoms with Crippen LogP contribution in [-0.2, 0) is 0 Å². The normalized spacial score (nSPS) is 16.4. The van der Waals surface area contributed by atoms with Gasteiger partial charge in [-0.1, -0.05) is 12.8 Å². The Kier molecular flexibility index (Phi) is 3.59. The van der Waals surface area contributed by atoms with Gasteiger partial charge in [-0.15, -0.1) is 0 Å². The smallest absolute Gasteiger partial charge is 0.134 e. The molecule has 2 N–H and O–H groups in total. The molecule has 0 spiro atoms. The molecule has 1 fully saturated rings. The fraction of sp³-hybridized carbons (Fsp3) is 0.667. The molecule has 0 amide bonds. The van der Waals surface area contributed by atoms with Gasteiger partial charge in [0.15, 0.2) is 0 Å². The first-order chi connectivity index (χ1) is 7.81. The van der Waals surface area contributed by atoms with Crippen molar-refractivity contribution in [3.63, 3.8) is 0 Å². The Labute approximate surface area is 96.9 Å². The minimum absolute atomic E-state index is 0.600. The van der Waals surface area contributed by atoms with Crippen LogP contribution in [0.4, 0.5) is 11.6 Å². The minimum Gasteiger partial charge on any atom is -0.370 e. The molecule has 0 atom stereocenters. The van der Waals surface area contributed by atoms with E-state index in [1.54, 1.807) is 6.33 Å². The average molecular weight is 220 g/mol. The molecule has 16 heavy (non-hydrogen) atoms. The van der Waals surface area contributed by atoms with Gasteiger partial charge in [0.05, 0.1) is 0 Å². The molecule has 0 radical (unpaired) electrons. The van der Waals surface area contributed by atoms with E-state index in [0.717, 1.165) is 23.7 Å². The van der Waals surface area contributed by atoms with Crippen LogP contribution >= 0.6 is 0 Å². The number of hydrogen-bond acceptors (Lipinski definition) is 4. The van der Waals surface area contributed by atoms with E-state index in [0.29, 0.717) is 6.04 Å². The van der Waals surface area contributed by atoms with Crippen molar-refractivity contribution in [1.29, 1.82) is 0 Å². The summed E-state index contributed by atoms with van der Waals surface area (Å²) in [6.07, 6.45) is 6.83. The lowest BCUT2D eigenvalue weighted by molar-refractivity contribution is 0.748. The molecule has 0 aliphatic heterocycles. The lowest BCUT2D eigenvalue weighted by Crippen LogP contribution is -2.17. The summed E-state index contributed by atoms with van der Waals surface area (Å²) in [5, 5.41) is 6.77. The van der Waals surface area contributed by atoms with Crippen molar-refractivity contribution in [2.75, 3.05) is 17.2 Å². The van der Waals surface area contributed by atoms with Gasteiger partial charge < -0.3 is 10.6 Å². The van der Waals surface area contributed by atoms with E-state index in [1.807, 2.05) is 0 Å². The van der Waals surface area contributed by atoms with Crippen molar-refractivity contribution in [2.45, 2.75) is 45.6 Å². The summed E-state index contributed by atoms with van der Waals surface area (Å²) in [6, 6.07) is 0.600. The lowest BCUT2D eigenvalue weighted by Gasteiger charge is -2.16. The molecule has 4 nitrogen and oxygen atoms in total. The van der Waals surface area contributed by atoms with Crippen LogP contribution in [0, 0.1) is 6.92 Å². The van der Waals surface area contributed by atoms with Crippen LogP contribution in [-0.4, -0.2) is 22.6 Å². The predicted octanol–water partition coefficient (Wildman–Crippen LogP) is 2.57. The molecule has 1 aliphatic carbocycles. The average Bonchev–Trinajstić information content (AvgIpc) is 2.77. The Morgan fingerprint density at radius 1 is 1.25 bits per heavy atom.